The Labute approximate surface area is 121 Å². The van der Waals surface area contributed by atoms with Crippen LogP contribution >= 0.6 is 0 Å². The summed E-state index contributed by atoms with van der Waals surface area (Å²) in [4.78, 5) is 11.1. The SMILES string of the molecule is CC(C)(C)c1ccc(C(O)(CC(=O)O)C(C)(C)C)cc1. The molecule has 1 rings (SSSR count). The van der Waals surface area contributed by atoms with Crippen molar-refractivity contribution in [3.63, 3.8) is 0 Å². The summed E-state index contributed by atoms with van der Waals surface area (Å²) in [5.41, 5.74) is -0.0945. The zero-order chi connectivity index (χ0) is 15.8. The van der Waals surface area contributed by atoms with E-state index in [0.717, 1.165) is 5.56 Å². The molecule has 0 saturated carbocycles. The third kappa shape index (κ3) is 3.40. The van der Waals surface area contributed by atoms with Crippen LogP contribution in [0.2, 0.25) is 0 Å². The maximum absolute atomic E-state index is 11.1. The molecule has 1 unspecified atom stereocenters. The van der Waals surface area contributed by atoms with Crippen molar-refractivity contribution in [1.82, 2.24) is 0 Å². The van der Waals surface area contributed by atoms with Gasteiger partial charge in [-0.05, 0) is 22.0 Å². The van der Waals surface area contributed by atoms with E-state index in [1.54, 1.807) is 0 Å². The summed E-state index contributed by atoms with van der Waals surface area (Å²) in [6, 6.07) is 7.62. The normalized spacial score (nSPS) is 15.8. The maximum Gasteiger partial charge on any atom is 0.306 e. The fraction of sp³-hybridized carbons (Fsp3) is 0.588. The quantitative estimate of drug-likeness (QED) is 0.886. The average Bonchev–Trinajstić information content (AvgIpc) is 2.25. The molecule has 112 valence electrons. The second-order valence-electron chi connectivity index (χ2n) is 7.51. The Morgan fingerprint density at radius 2 is 1.35 bits per heavy atom. The number of aliphatic carboxylic acids is 1. The van der Waals surface area contributed by atoms with Crippen LogP contribution in [0.1, 0.15) is 59.1 Å². The third-order valence-electron chi connectivity index (χ3n) is 3.88. The molecule has 3 heteroatoms. The van der Waals surface area contributed by atoms with Gasteiger partial charge in [-0.3, -0.25) is 4.79 Å². The fourth-order valence-corrected chi connectivity index (χ4v) is 2.27. The molecule has 0 aromatic heterocycles. The van der Waals surface area contributed by atoms with Gasteiger partial charge in [0.15, 0.2) is 0 Å². The van der Waals surface area contributed by atoms with Crippen LogP contribution in [0.15, 0.2) is 24.3 Å². The van der Waals surface area contributed by atoms with Crippen LogP contribution in [-0.4, -0.2) is 16.2 Å². The highest BCUT2D eigenvalue weighted by atomic mass is 16.4. The number of hydrogen-bond donors (Lipinski definition) is 2. The summed E-state index contributed by atoms with van der Waals surface area (Å²) in [7, 11) is 0. The molecule has 0 spiro atoms. The topological polar surface area (TPSA) is 57.5 Å². The first kappa shape index (κ1) is 16.7. The molecule has 3 nitrogen and oxygen atoms in total. The van der Waals surface area contributed by atoms with E-state index >= 15 is 0 Å². The summed E-state index contributed by atoms with van der Waals surface area (Å²) in [5, 5.41) is 20.0. The third-order valence-corrected chi connectivity index (χ3v) is 3.88. The Morgan fingerprint density at radius 1 is 0.950 bits per heavy atom. The van der Waals surface area contributed by atoms with Crippen molar-refractivity contribution >= 4 is 5.97 Å². The van der Waals surface area contributed by atoms with Gasteiger partial charge in [-0.25, -0.2) is 0 Å². The molecular weight excluding hydrogens is 252 g/mol. The fourth-order valence-electron chi connectivity index (χ4n) is 2.27. The van der Waals surface area contributed by atoms with E-state index in [-0.39, 0.29) is 11.8 Å². The smallest absolute Gasteiger partial charge is 0.306 e. The molecule has 0 aliphatic rings. The van der Waals surface area contributed by atoms with Crippen LogP contribution in [0.4, 0.5) is 0 Å². The first-order chi connectivity index (χ1) is 8.88. The Bertz CT molecular complexity index is 474. The molecule has 20 heavy (non-hydrogen) atoms. The monoisotopic (exact) mass is 278 g/mol. The van der Waals surface area contributed by atoms with Crippen molar-refractivity contribution in [2.45, 2.75) is 59.0 Å². The lowest BCUT2D eigenvalue weighted by Crippen LogP contribution is -2.42. The zero-order valence-corrected chi connectivity index (χ0v) is 13.3. The van der Waals surface area contributed by atoms with Gasteiger partial charge in [0.2, 0.25) is 0 Å². The highest BCUT2D eigenvalue weighted by Gasteiger charge is 2.43. The molecule has 1 aromatic rings. The molecule has 0 bridgehead atoms. The number of carboxylic acids is 1. The Kier molecular flexibility index (Phi) is 4.35. The van der Waals surface area contributed by atoms with Crippen LogP contribution in [0.25, 0.3) is 0 Å². The van der Waals surface area contributed by atoms with Gasteiger partial charge < -0.3 is 10.2 Å². The number of carbonyl (C=O) groups is 1. The standard InChI is InChI=1S/C17H26O3/c1-15(2,3)12-7-9-13(10-8-12)17(20,11-14(18)19)16(4,5)6/h7-10,20H,11H2,1-6H3,(H,18,19). The highest BCUT2D eigenvalue weighted by molar-refractivity contribution is 5.69. The lowest BCUT2D eigenvalue weighted by molar-refractivity contribution is -0.150. The van der Waals surface area contributed by atoms with E-state index in [0.29, 0.717) is 5.56 Å². The largest absolute Gasteiger partial charge is 0.481 e. The molecule has 0 heterocycles. The highest BCUT2D eigenvalue weighted by Crippen LogP contribution is 2.42. The van der Waals surface area contributed by atoms with Crippen molar-refractivity contribution in [3.8, 4) is 0 Å². The minimum Gasteiger partial charge on any atom is -0.481 e. The summed E-state index contributed by atoms with van der Waals surface area (Å²) >= 11 is 0. The first-order valence-corrected chi connectivity index (χ1v) is 6.93. The van der Waals surface area contributed by atoms with E-state index in [9.17, 15) is 9.90 Å². The average molecular weight is 278 g/mol. The van der Waals surface area contributed by atoms with Crippen molar-refractivity contribution in [2.75, 3.05) is 0 Å². The molecule has 0 aliphatic heterocycles. The Balaban J connectivity index is 3.26. The van der Waals surface area contributed by atoms with E-state index in [4.69, 9.17) is 5.11 Å². The van der Waals surface area contributed by atoms with Crippen LogP contribution in [-0.2, 0) is 15.8 Å². The number of aliphatic hydroxyl groups is 1. The van der Waals surface area contributed by atoms with Gasteiger partial charge in [0.25, 0.3) is 0 Å². The second kappa shape index (κ2) is 5.21. The zero-order valence-electron chi connectivity index (χ0n) is 13.3. The summed E-state index contributed by atoms with van der Waals surface area (Å²) in [6.07, 6.45) is -0.300. The molecule has 1 aromatic carbocycles. The van der Waals surface area contributed by atoms with Gasteiger partial charge in [-0.2, -0.15) is 0 Å². The van der Waals surface area contributed by atoms with Crippen molar-refractivity contribution in [2.24, 2.45) is 5.41 Å². The Hall–Kier alpha value is -1.35. The van der Waals surface area contributed by atoms with Gasteiger partial charge >= 0.3 is 5.97 Å². The van der Waals surface area contributed by atoms with E-state index in [1.807, 2.05) is 45.0 Å². The van der Waals surface area contributed by atoms with Crippen LogP contribution < -0.4 is 0 Å². The minimum absolute atomic E-state index is 0.0329. The molecule has 0 aliphatic carbocycles. The van der Waals surface area contributed by atoms with Gasteiger partial charge in [0, 0.05) is 0 Å². The summed E-state index contributed by atoms with van der Waals surface area (Å²) < 4.78 is 0. The number of benzene rings is 1. The molecule has 0 fully saturated rings. The lowest BCUT2D eigenvalue weighted by atomic mass is 9.70. The van der Waals surface area contributed by atoms with Crippen LogP contribution in [0.5, 0.6) is 0 Å². The predicted molar refractivity (Wildman–Crippen MR) is 80.7 cm³/mol. The molecule has 0 amide bonds. The molecule has 0 saturated heterocycles. The number of rotatable bonds is 3. The lowest BCUT2D eigenvalue weighted by Gasteiger charge is -2.40. The molecule has 2 N–H and O–H groups in total. The molecular formula is C17H26O3. The van der Waals surface area contributed by atoms with E-state index in [1.165, 1.54) is 0 Å². The molecule has 0 radical (unpaired) electrons. The van der Waals surface area contributed by atoms with Crippen molar-refractivity contribution < 1.29 is 15.0 Å². The van der Waals surface area contributed by atoms with Gasteiger partial charge in [-0.1, -0.05) is 65.8 Å². The van der Waals surface area contributed by atoms with Crippen LogP contribution in [0.3, 0.4) is 0 Å². The van der Waals surface area contributed by atoms with Gasteiger partial charge in [0.1, 0.15) is 5.60 Å². The summed E-state index contributed by atoms with van der Waals surface area (Å²) in [5.74, 6) is -0.998. The van der Waals surface area contributed by atoms with E-state index < -0.39 is 17.0 Å². The Morgan fingerprint density at radius 3 is 1.65 bits per heavy atom. The minimum atomic E-state index is -1.38. The van der Waals surface area contributed by atoms with Gasteiger partial charge in [-0.15, -0.1) is 0 Å². The van der Waals surface area contributed by atoms with Crippen molar-refractivity contribution in [1.29, 1.82) is 0 Å². The summed E-state index contributed by atoms with van der Waals surface area (Å²) in [6.45, 7) is 11.9. The second-order valence-corrected chi connectivity index (χ2v) is 7.51. The van der Waals surface area contributed by atoms with E-state index in [2.05, 4.69) is 20.8 Å². The van der Waals surface area contributed by atoms with Gasteiger partial charge in [0.05, 0.1) is 6.42 Å². The number of hydrogen-bond acceptors (Lipinski definition) is 2. The van der Waals surface area contributed by atoms with Crippen LogP contribution in [0, 0.1) is 5.41 Å². The molecule has 1 atom stereocenters. The first-order valence-electron chi connectivity index (χ1n) is 6.93. The van der Waals surface area contributed by atoms with Crippen molar-refractivity contribution in [3.05, 3.63) is 35.4 Å². The predicted octanol–water partition coefficient (Wildman–Crippen LogP) is 3.69. The number of carboxylic acid groups (broad SMARTS) is 1. The maximum atomic E-state index is 11.1.